The van der Waals surface area contributed by atoms with Gasteiger partial charge in [0.15, 0.2) is 0 Å². The molecule has 0 spiro atoms. The van der Waals surface area contributed by atoms with Crippen LogP contribution in [0.25, 0.3) is 0 Å². The first-order valence-corrected chi connectivity index (χ1v) is 4.06. The number of H-pyrrole nitrogens is 1. The van der Waals surface area contributed by atoms with Gasteiger partial charge in [-0.05, 0) is 0 Å². The van der Waals surface area contributed by atoms with Gasteiger partial charge in [-0.1, -0.05) is 0 Å². The van der Waals surface area contributed by atoms with E-state index in [4.69, 9.17) is 0 Å². The van der Waals surface area contributed by atoms with E-state index in [1.165, 1.54) is 0 Å². The van der Waals surface area contributed by atoms with Gasteiger partial charge < -0.3 is 0 Å². The summed E-state index contributed by atoms with van der Waals surface area (Å²) in [5.74, 6) is 0.863. The molecule has 9 heavy (non-hydrogen) atoms. The number of aromatic nitrogens is 1. The Morgan fingerprint density at radius 2 is 2.33 bits per heavy atom. The Balaban J connectivity index is 2.80. The number of rotatable bonds is 1. The minimum absolute atomic E-state index is 0.817. The summed E-state index contributed by atoms with van der Waals surface area (Å²) >= 11 is 5.51. The molecule has 4 heteroatoms. The molecular formula is C5H4N2Se2. The number of hydrogen-bond donors (Lipinski definition) is 1. The van der Waals surface area contributed by atoms with Crippen LogP contribution in [0.2, 0.25) is 0 Å². The predicted molar refractivity (Wildman–Crippen MR) is 39.4 cm³/mol. The van der Waals surface area contributed by atoms with E-state index in [0.29, 0.717) is 0 Å². The molecule has 1 aromatic rings. The van der Waals surface area contributed by atoms with E-state index in [2.05, 4.69) is 42.0 Å². The molecule has 0 aliphatic rings. The van der Waals surface area contributed by atoms with Crippen LogP contribution in [0.4, 0.5) is 5.82 Å². The fourth-order valence-corrected chi connectivity index (χ4v) is 0.901. The summed E-state index contributed by atoms with van der Waals surface area (Å²) < 4.78 is 0.817. The number of aliphatic imine (C=N–C) groups is 1. The standard InChI is InChI=1S/C5H4N2Se2/c8-5(9)7-4-2-1-3-6-4/h1-3,6H. The van der Waals surface area contributed by atoms with Crippen molar-refractivity contribution in [2.45, 2.75) is 0 Å². The molecule has 0 aliphatic carbocycles. The van der Waals surface area contributed by atoms with Crippen molar-refractivity contribution >= 4 is 41.4 Å². The molecule has 0 aromatic carbocycles. The van der Waals surface area contributed by atoms with Crippen LogP contribution in [0.5, 0.6) is 0 Å². The zero-order valence-corrected chi connectivity index (χ0v) is 7.92. The second kappa shape index (κ2) is 3.23. The van der Waals surface area contributed by atoms with Gasteiger partial charge in [0, 0.05) is 0 Å². The van der Waals surface area contributed by atoms with E-state index in [1.807, 2.05) is 18.3 Å². The Hall–Kier alpha value is -0.0110. The Labute approximate surface area is 69.8 Å². The zero-order chi connectivity index (χ0) is 6.69. The van der Waals surface area contributed by atoms with Crippen LogP contribution in [0, 0.1) is 0 Å². The molecule has 1 N–H and O–H groups in total. The SMILES string of the molecule is [Se]C([Se])=Nc1ccc[nH]1. The minimum atomic E-state index is 0.817. The van der Waals surface area contributed by atoms with Crippen LogP contribution in [0.3, 0.4) is 0 Å². The van der Waals surface area contributed by atoms with E-state index >= 15 is 0 Å². The van der Waals surface area contributed by atoms with Gasteiger partial charge in [0.05, 0.1) is 0 Å². The van der Waals surface area contributed by atoms with Crippen molar-refractivity contribution in [2.75, 3.05) is 0 Å². The molecule has 2 radical (unpaired) electrons. The molecule has 0 saturated carbocycles. The summed E-state index contributed by atoms with van der Waals surface area (Å²) in [7, 11) is 0. The second-order valence-electron chi connectivity index (χ2n) is 1.43. The summed E-state index contributed by atoms with van der Waals surface area (Å²) in [5.41, 5.74) is 0. The molecule has 0 amide bonds. The van der Waals surface area contributed by atoms with Crippen molar-refractivity contribution < 1.29 is 0 Å². The van der Waals surface area contributed by atoms with Gasteiger partial charge in [-0.15, -0.1) is 0 Å². The van der Waals surface area contributed by atoms with Gasteiger partial charge in [0.25, 0.3) is 0 Å². The Morgan fingerprint density at radius 3 is 2.78 bits per heavy atom. The van der Waals surface area contributed by atoms with Crippen molar-refractivity contribution in [3.8, 4) is 0 Å². The van der Waals surface area contributed by atoms with Crippen LogP contribution in [-0.4, -0.2) is 40.5 Å². The number of aromatic amines is 1. The number of nitrogens with zero attached hydrogens (tertiary/aromatic N) is 1. The van der Waals surface area contributed by atoms with Gasteiger partial charge in [0.2, 0.25) is 0 Å². The molecule has 0 unspecified atom stereocenters. The first-order valence-electron chi connectivity index (χ1n) is 2.35. The second-order valence-corrected chi connectivity index (χ2v) is 4.37. The van der Waals surface area contributed by atoms with Crippen molar-refractivity contribution in [3.05, 3.63) is 18.3 Å². The van der Waals surface area contributed by atoms with Gasteiger partial charge in [-0.3, -0.25) is 0 Å². The molecule has 1 aromatic heterocycles. The fourth-order valence-electron chi connectivity index (χ4n) is 0.489. The summed E-state index contributed by atoms with van der Waals surface area (Å²) in [5, 5.41) is 0. The fraction of sp³-hybridized carbons (Fsp3) is 0. The molecule has 0 atom stereocenters. The third-order valence-corrected chi connectivity index (χ3v) is 1.18. The predicted octanol–water partition coefficient (Wildman–Crippen LogP) is 0.339. The van der Waals surface area contributed by atoms with Crippen LogP contribution in [0.15, 0.2) is 23.3 Å². The summed E-state index contributed by atoms with van der Waals surface area (Å²) in [6.45, 7) is 0. The van der Waals surface area contributed by atoms with Crippen LogP contribution >= 0.6 is 0 Å². The van der Waals surface area contributed by atoms with Crippen molar-refractivity contribution in [2.24, 2.45) is 4.99 Å². The van der Waals surface area contributed by atoms with Crippen LogP contribution in [-0.2, 0) is 0 Å². The van der Waals surface area contributed by atoms with E-state index in [0.717, 1.165) is 9.33 Å². The molecule has 1 heterocycles. The van der Waals surface area contributed by atoms with Gasteiger partial charge in [-0.2, -0.15) is 0 Å². The molecule has 0 bridgehead atoms. The Bertz CT molecular complexity index is 199. The molecule has 0 saturated heterocycles. The third-order valence-electron chi connectivity index (χ3n) is 0.793. The molecule has 46 valence electrons. The average molecular weight is 250 g/mol. The normalized spacial score (nSPS) is 8.89. The van der Waals surface area contributed by atoms with E-state index in [9.17, 15) is 0 Å². The molecule has 1 rings (SSSR count). The third kappa shape index (κ3) is 2.37. The van der Waals surface area contributed by atoms with Crippen LogP contribution in [0.1, 0.15) is 0 Å². The van der Waals surface area contributed by atoms with E-state index in [-0.39, 0.29) is 0 Å². The topological polar surface area (TPSA) is 28.1 Å². The van der Waals surface area contributed by atoms with Gasteiger partial charge in [-0.25, -0.2) is 0 Å². The number of hydrogen-bond acceptors (Lipinski definition) is 1. The maximum absolute atomic E-state index is 4.07. The first kappa shape index (κ1) is 7.10. The van der Waals surface area contributed by atoms with Gasteiger partial charge in [0.1, 0.15) is 0 Å². The van der Waals surface area contributed by atoms with E-state index < -0.39 is 0 Å². The van der Waals surface area contributed by atoms with Crippen LogP contribution < -0.4 is 0 Å². The maximum atomic E-state index is 4.07. The molecule has 0 fully saturated rings. The Kier molecular flexibility index (Phi) is 2.55. The summed E-state index contributed by atoms with van der Waals surface area (Å²) in [6, 6.07) is 3.80. The zero-order valence-electron chi connectivity index (χ0n) is 4.50. The van der Waals surface area contributed by atoms with Crippen molar-refractivity contribution in [1.82, 2.24) is 4.98 Å². The van der Waals surface area contributed by atoms with Crippen molar-refractivity contribution in [3.63, 3.8) is 0 Å². The summed E-state index contributed by atoms with van der Waals surface area (Å²) in [4.78, 5) is 7.01. The van der Waals surface area contributed by atoms with Crippen molar-refractivity contribution in [1.29, 1.82) is 0 Å². The molecule has 0 aliphatic heterocycles. The monoisotopic (exact) mass is 252 g/mol. The summed E-state index contributed by atoms with van der Waals surface area (Å²) in [6.07, 6.45) is 1.84. The molecular weight excluding hydrogens is 246 g/mol. The average Bonchev–Trinajstić information content (AvgIpc) is 2.15. The van der Waals surface area contributed by atoms with Gasteiger partial charge >= 0.3 is 69.7 Å². The molecule has 2 nitrogen and oxygen atoms in total. The Morgan fingerprint density at radius 1 is 1.56 bits per heavy atom. The quantitative estimate of drug-likeness (QED) is 0.550. The number of nitrogens with one attached hydrogen (secondary N) is 1. The first-order chi connectivity index (χ1) is 4.29. The van der Waals surface area contributed by atoms with E-state index in [1.54, 1.807) is 0 Å².